The Kier molecular flexibility index (Phi) is 6.93. The van der Waals surface area contributed by atoms with E-state index >= 15 is 0 Å². The third kappa shape index (κ3) is 5.34. The minimum Gasteiger partial charge on any atom is -0.480 e. The lowest BCUT2D eigenvalue weighted by Crippen LogP contribution is -2.52. The summed E-state index contributed by atoms with van der Waals surface area (Å²) in [4.78, 5) is 36.6. The number of carbonyl (C=O) groups is 3. The lowest BCUT2D eigenvalue weighted by atomic mass is 9.98. The fraction of sp³-hybridized carbons (Fsp3) is 0.400. The van der Waals surface area contributed by atoms with Crippen molar-refractivity contribution in [1.29, 1.82) is 0 Å². The molecule has 174 valence electrons. The van der Waals surface area contributed by atoms with Crippen molar-refractivity contribution in [1.82, 2.24) is 10.6 Å². The quantitative estimate of drug-likeness (QED) is 0.439. The molecule has 1 fully saturated rings. The standard InChI is InChI=1S/C25H28N2O6/c28-12-11-21(24(30)31)26-23(29)22(13-15-9-10-15)27-25(32)33-14-20-18-7-3-1-5-16(18)17-6-2-4-8-19(17)20/h1-8,15,20-22,28H,9-14H2,(H,26,29)(H,27,32)(H,30,31)/t21?,22-/m0/s1. The van der Waals surface area contributed by atoms with Crippen LogP contribution in [-0.2, 0) is 14.3 Å². The highest BCUT2D eigenvalue weighted by atomic mass is 16.5. The van der Waals surface area contributed by atoms with Gasteiger partial charge in [0.05, 0.1) is 0 Å². The van der Waals surface area contributed by atoms with Gasteiger partial charge in [-0.1, -0.05) is 61.4 Å². The summed E-state index contributed by atoms with van der Waals surface area (Å²) in [5.74, 6) is -1.60. The van der Waals surface area contributed by atoms with Gasteiger partial charge >= 0.3 is 12.1 Å². The van der Waals surface area contributed by atoms with Gasteiger partial charge in [0, 0.05) is 18.9 Å². The second kappa shape index (κ2) is 10.0. The lowest BCUT2D eigenvalue weighted by molar-refractivity contribution is -0.142. The van der Waals surface area contributed by atoms with Crippen molar-refractivity contribution < 1.29 is 29.3 Å². The van der Waals surface area contributed by atoms with Crippen molar-refractivity contribution in [2.24, 2.45) is 5.92 Å². The van der Waals surface area contributed by atoms with Gasteiger partial charge in [-0.05, 0) is 34.6 Å². The molecule has 1 saturated carbocycles. The van der Waals surface area contributed by atoms with Gasteiger partial charge in [-0.3, -0.25) is 4.79 Å². The Morgan fingerprint density at radius 3 is 2.09 bits per heavy atom. The van der Waals surface area contributed by atoms with Crippen LogP contribution in [-0.4, -0.2) is 53.5 Å². The van der Waals surface area contributed by atoms with Gasteiger partial charge in [0.1, 0.15) is 18.7 Å². The van der Waals surface area contributed by atoms with Gasteiger partial charge in [-0.2, -0.15) is 0 Å². The van der Waals surface area contributed by atoms with Gasteiger partial charge in [-0.15, -0.1) is 0 Å². The molecule has 4 N–H and O–H groups in total. The second-order valence-electron chi connectivity index (χ2n) is 8.61. The average Bonchev–Trinajstić information content (AvgIpc) is 3.57. The fourth-order valence-electron chi connectivity index (χ4n) is 4.36. The number of rotatable bonds is 10. The molecule has 0 spiro atoms. The number of aliphatic hydroxyl groups excluding tert-OH is 1. The molecule has 2 aromatic rings. The van der Waals surface area contributed by atoms with Crippen LogP contribution in [0.3, 0.4) is 0 Å². The molecule has 2 aliphatic rings. The summed E-state index contributed by atoms with van der Waals surface area (Å²) in [6.07, 6.45) is 1.53. The SMILES string of the molecule is O=C(N[C@@H](CC1CC1)C(=O)NC(CCO)C(=O)O)OCC1c2ccccc2-c2ccccc21. The van der Waals surface area contributed by atoms with Crippen molar-refractivity contribution in [2.75, 3.05) is 13.2 Å². The molecular formula is C25H28N2O6. The largest absolute Gasteiger partial charge is 0.480 e. The summed E-state index contributed by atoms with van der Waals surface area (Å²) in [5, 5.41) is 23.3. The summed E-state index contributed by atoms with van der Waals surface area (Å²) in [6.45, 7) is -0.246. The summed E-state index contributed by atoms with van der Waals surface area (Å²) >= 11 is 0. The molecule has 8 nitrogen and oxygen atoms in total. The number of alkyl carbamates (subject to hydrolysis) is 1. The molecule has 2 aromatic carbocycles. The van der Waals surface area contributed by atoms with E-state index in [4.69, 9.17) is 9.84 Å². The van der Waals surface area contributed by atoms with E-state index in [2.05, 4.69) is 22.8 Å². The number of ether oxygens (including phenoxy) is 1. The number of hydrogen-bond donors (Lipinski definition) is 4. The molecule has 0 aromatic heterocycles. The minimum absolute atomic E-state index is 0.0974. The predicted octanol–water partition coefficient (Wildman–Crippen LogP) is 2.65. The Morgan fingerprint density at radius 1 is 0.939 bits per heavy atom. The Bertz CT molecular complexity index is 990. The number of aliphatic carboxylic acids is 1. The van der Waals surface area contributed by atoms with E-state index in [0.29, 0.717) is 12.3 Å². The number of benzene rings is 2. The van der Waals surface area contributed by atoms with Gasteiger partial charge in [0.15, 0.2) is 0 Å². The third-order valence-corrected chi connectivity index (χ3v) is 6.25. The van der Waals surface area contributed by atoms with E-state index in [1.807, 2.05) is 36.4 Å². The Morgan fingerprint density at radius 2 is 1.55 bits per heavy atom. The highest BCUT2D eigenvalue weighted by Gasteiger charge is 2.33. The van der Waals surface area contributed by atoms with Crippen LogP contribution in [0.1, 0.15) is 42.7 Å². The molecule has 0 aliphatic heterocycles. The topological polar surface area (TPSA) is 125 Å². The normalized spacial score (nSPS) is 16.3. The lowest BCUT2D eigenvalue weighted by Gasteiger charge is -2.21. The van der Waals surface area contributed by atoms with E-state index in [9.17, 15) is 19.5 Å². The van der Waals surface area contributed by atoms with Crippen LogP contribution in [0.2, 0.25) is 0 Å². The number of fused-ring (bicyclic) bond motifs is 3. The van der Waals surface area contributed by atoms with Crippen LogP contribution < -0.4 is 10.6 Å². The monoisotopic (exact) mass is 452 g/mol. The van der Waals surface area contributed by atoms with E-state index in [1.165, 1.54) is 0 Å². The molecule has 2 amide bonds. The Balaban J connectivity index is 1.40. The molecule has 0 bridgehead atoms. The van der Waals surface area contributed by atoms with Crippen molar-refractivity contribution in [3.8, 4) is 11.1 Å². The highest BCUT2D eigenvalue weighted by Crippen LogP contribution is 2.44. The highest BCUT2D eigenvalue weighted by molar-refractivity contribution is 5.89. The van der Waals surface area contributed by atoms with Crippen molar-refractivity contribution in [3.05, 3.63) is 59.7 Å². The number of amides is 2. The zero-order valence-electron chi connectivity index (χ0n) is 18.2. The van der Waals surface area contributed by atoms with E-state index in [0.717, 1.165) is 35.1 Å². The zero-order chi connectivity index (χ0) is 23.4. The van der Waals surface area contributed by atoms with Crippen LogP contribution in [0.4, 0.5) is 4.79 Å². The Hall–Kier alpha value is -3.39. The summed E-state index contributed by atoms with van der Waals surface area (Å²) in [7, 11) is 0. The Labute approximate surface area is 192 Å². The minimum atomic E-state index is -1.23. The van der Waals surface area contributed by atoms with E-state index < -0.39 is 30.1 Å². The average molecular weight is 453 g/mol. The van der Waals surface area contributed by atoms with Crippen LogP contribution in [0.5, 0.6) is 0 Å². The maximum absolute atomic E-state index is 12.7. The van der Waals surface area contributed by atoms with Crippen LogP contribution in [0, 0.1) is 5.92 Å². The van der Waals surface area contributed by atoms with Gasteiger partial charge in [0.25, 0.3) is 0 Å². The number of nitrogens with one attached hydrogen (secondary N) is 2. The predicted molar refractivity (Wildman–Crippen MR) is 121 cm³/mol. The van der Waals surface area contributed by atoms with Crippen LogP contribution >= 0.6 is 0 Å². The summed E-state index contributed by atoms with van der Waals surface area (Å²) in [5.41, 5.74) is 4.42. The van der Waals surface area contributed by atoms with Gasteiger partial charge < -0.3 is 25.6 Å². The number of carbonyl (C=O) groups excluding carboxylic acids is 2. The molecule has 0 heterocycles. The molecule has 2 atom stereocenters. The number of carboxylic acid groups (broad SMARTS) is 1. The van der Waals surface area contributed by atoms with Crippen molar-refractivity contribution in [3.63, 3.8) is 0 Å². The zero-order valence-corrected chi connectivity index (χ0v) is 18.2. The molecule has 0 radical (unpaired) electrons. The van der Waals surface area contributed by atoms with E-state index in [-0.39, 0.29) is 25.6 Å². The first-order valence-corrected chi connectivity index (χ1v) is 11.2. The number of aliphatic hydroxyl groups is 1. The molecule has 4 rings (SSSR count). The van der Waals surface area contributed by atoms with E-state index in [1.54, 1.807) is 0 Å². The van der Waals surface area contributed by atoms with Crippen LogP contribution in [0.25, 0.3) is 11.1 Å². The number of hydrogen-bond acceptors (Lipinski definition) is 5. The first kappa shape index (κ1) is 22.8. The van der Waals surface area contributed by atoms with Crippen molar-refractivity contribution in [2.45, 2.75) is 43.7 Å². The summed E-state index contributed by atoms with van der Waals surface area (Å²) in [6, 6.07) is 13.9. The third-order valence-electron chi connectivity index (χ3n) is 6.25. The molecule has 0 saturated heterocycles. The number of carboxylic acids is 1. The molecule has 2 aliphatic carbocycles. The van der Waals surface area contributed by atoms with Gasteiger partial charge in [-0.25, -0.2) is 9.59 Å². The van der Waals surface area contributed by atoms with Gasteiger partial charge in [0.2, 0.25) is 5.91 Å². The molecule has 1 unspecified atom stereocenters. The maximum Gasteiger partial charge on any atom is 0.407 e. The fourth-order valence-corrected chi connectivity index (χ4v) is 4.36. The maximum atomic E-state index is 12.7. The van der Waals surface area contributed by atoms with Crippen molar-refractivity contribution >= 4 is 18.0 Å². The van der Waals surface area contributed by atoms with Crippen LogP contribution in [0.15, 0.2) is 48.5 Å². The first-order valence-electron chi connectivity index (χ1n) is 11.2. The second-order valence-corrected chi connectivity index (χ2v) is 8.61. The molecular weight excluding hydrogens is 424 g/mol. The molecule has 8 heteroatoms. The molecule has 33 heavy (non-hydrogen) atoms. The first-order chi connectivity index (χ1) is 16.0. The smallest absolute Gasteiger partial charge is 0.407 e. The summed E-state index contributed by atoms with van der Waals surface area (Å²) < 4.78 is 5.54.